The molecule has 0 fully saturated rings. The van der Waals surface area contributed by atoms with Gasteiger partial charge in [0.15, 0.2) is 11.0 Å². The highest BCUT2D eigenvalue weighted by Crippen LogP contribution is 2.28. The molecule has 0 atom stereocenters. The van der Waals surface area contributed by atoms with Crippen LogP contribution < -0.4 is 0 Å². The third-order valence-electron chi connectivity index (χ3n) is 5.03. The lowest BCUT2D eigenvalue weighted by molar-refractivity contribution is -0.128. The molecule has 0 saturated heterocycles. The van der Waals surface area contributed by atoms with Gasteiger partial charge in [-0.1, -0.05) is 53.7 Å². The van der Waals surface area contributed by atoms with E-state index in [9.17, 15) is 4.79 Å². The normalized spacial score (nSPS) is 11.1. The van der Waals surface area contributed by atoms with Gasteiger partial charge in [-0.25, -0.2) is 0 Å². The van der Waals surface area contributed by atoms with Gasteiger partial charge in [0, 0.05) is 11.4 Å². The first-order valence-electron chi connectivity index (χ1n) is 10.2. The Bertz CT molecular complexity index is 1190. The molecule has 166 valence electrons. The van der Waals surface area contributed by atoms with Crippen LogP contribution in [0.3, 0.4) is 0 Å². The van der Waals surface area contributed by atoms with Crippen molar-refractivity contribution < 1.29 is 9.21 Å². The Morgan fingerprint density at radius 2 is 2.00 bits per heavy atom. The fourth-order valence-electron chi connectivity index (χ4n) is 3.34. The van der Waals surface area contributed by atoms with Crippen LogP contribution in [0.25, 0.3) is 11.4 Å². The molecule has 0 unspecified atom stereocenters. The Hall–Kier alpha value is -2.55. The number of carbonyl (C=O) groups is 1. The molecule has 6 nitrogen and oxygen atoms in total. The van der Waals surface area contributed by atoms with Crippen molar-refractivity contribution in [1.82, 2.24) is 19.7 Å². The fraction of sp³-hybridized carbons (Fsp3) is 0.261. The number of carbonyl (C=O) groups excluding carboxylic acids is 1. The van der Waals surface area contributed by atoms with Crippen molar-refractivity contribution in [1.29, 1.82) is 0 Å². The van der Waals surface area contributed by atoms with Gasteiger partial charge in [-0.05, 0) is 37.6 Å². The molecule has 32 heavy (non-hydrogen) atoms. The molecule has 4 aromatic rings. The minimum Gasteiger partial charge on any atom is -0.469 e. The second-order valence-corrected chi connectivity index (χ2v) is 9.91. The number of thiophene rings is 1. The number of nitrogens with zero attached hydrogens (tertiary/aromatic N) is 4. The Morgan fingerprint density at radius 3 is 2.66 bits per heavy atom. The molecule has 0 N–H and O–H groups in total. The molecule has 1 aromatic carbocycles. The topological polar surface area (TPSA) is 64.2 Å². The van der Waals surface area contributed by atoms with Crippen LogP contribution in [-0.4, -0.2) is 37.9 Å². The van der Waals surface area contributed by atoms with Crippen LogP contribution in [0.4, 0.5) is 0 Å². The monoisotopic (exact) mass is 486 g/mol. The van der Waals surface area contributed by atoms with E-state index < -0.39 is 0 Å². The molecule has 0 bridgehead atoms. The molecule has 0 aliphatic heterocycles. The number of hydrogen-bond donors (Lipinski definition) is 0. The Kier molecular flexibility index (Phi) is 7.34. The van der Waals surface area contributed by atoms with E-state index in [4.69, 9.17) is 16.0 Å². The summed E-state index contributed by atoms with van der Waals surface area (Å²) in [5.41, 5.74) is 2.03. The van der Waals surface area contributed by atoms with Crippen LogP contribution in [0, 0.1) is 6.92 Å². The molecule has 0 aliphatic rings. The minimum atomic E-state index is 0.0531. The van der Waals surface area contributed by atoms with E-state index in [2.05, 4.69) is 22.3 Å². The minimum absolute atomic E-state index is 0.0531. The summed E-state index contributed by atoms with van der Waals surface area (Å²) in [4.78, 5) is 15.8. The SMILES string of the molecule is CCN(Cc1ccc(Cl)s1)C(=O)CSc1nnc(-c2ccoc2C)n1Cc1ccccc1. The molecule has 0 spiro atoms. The highest BCUT2D eigenvalue weighted by atomic mass is 35.5. The van der Waals surface area contributed by atoms with Crippen LogP contribution in [0.2, 0.25) is 4.34 Å². The van der Waals surface area contributed by atoms with Gasteiger partial charge < -0.3 is 9.32 Å². The van der Waals surface area contributed by atoms with E-state index in [1.807, 2.05) is 59.7 Å². The molecule has 0 aliphatic carbocycles. The molecule has 3 aromatic heterocycles. The largest absolute Gasteiger partial charge is 0.469 e. The van der Waals surface area contributed by atoms with E-state index >= 15 is 0 Å². The molecule has 1 amide bonds. The number of amides is 1. The molecule has 0 radical (unpaired) electrons. The van der Waals surface area contributed by atoms with Crippen molar-refractivity contribution in [3.05, 3.63) is 75.3 Å². The third kappa shape index (κ3) is 5.26. The molecular formula is C23H23ClN4O2S2. The average Bonchev–Trinajstić information content (AvgIpc) is 3.51. The van der Waals surface area contributed by atoms with Crippen LogP contribution >= 0.6 is 34.7 Å². The van der Waals surface area contributed by atoms with Crippen LogP contribution in [-0.2, 0) is 17.9 Å². The molecule has 3 heterocycles. The summed E-state index contributed by atoms with van der Waals surface area (Å²) in [6.07, 6.45) is 1.65. The Morgan fingerprint density at radius 1 is 1.19 bits per heavy atom. The number of aromatic nitrogens is 3. The van der Waals surface area contributed by atoms with Crippen molar-refractivity contribution >= 4 is 40.6 Å². The average molecular weight is 487 g/mol. The summed E-state index contributed by atoms with van der Waals surface area (Å²) in [5, 5.41) is 9.53. The third-order valence-corrected chi connectivity index (χ3v) is 7.20. The number of rotatable bonds is 9. The predicted molar refractivity (Wildman–Crippen MR) is 129 cm³/mol. The lowest BCUT2D eigenvalue weighted by Gasteiger charge is -2.20. The van der Waals surface area contributed by atoms with Gasteiger partial charge in [0.25, 0.3) is 0 Å². The number of halogens is 1. The maximum absolute atomic E-state index is 12.9. The molecule has 0 saturated carbocycles. The van der Waals surface area contributed by atoms with Gasteiger partial charge in [0.1, 0.15) is 5.76 Å². The van der Waals surface area contributed by atoms with E-state index in [1.165, 1.54) is 23.1 Å². The van der Waals surface area contributed by atoms with E-state index in [1.54, 1.807) is 6.26 Å². The lowest BCUT2D eigenvalue weighted by Crippen LogP contribution is -2.31. The highest BCUT2D eigenvalue weighted by Gasteiger charge is 2.20. The first-order chi connectivity index (χ1) is 15.5. The summed E-state index contributed by atoms with van der Waals surface area (Å²) in [5.74, 6) is 1.85. The van der Waals surface area contributed by atoms with Crippen molar-refractivity contribution in [2.75, 3.05) is 12.3 Å². The van der Waals surface area contributed by atoms with E-state index in [0.717, 1.165) is 31.9 Å². The summed E-state index contributed by atoms with van der Waals surface area (Å²) in [6, 6.07) is 15.9. The van der Waals surface area contributed by atoms with Gasteiger partial charge in [-0.3, -0.25) is 9.36 Å². The number of benzene rings is 1. The quantitative estimate of drug-likeness (QED) is 0.282. The van der Waals surface area contributed by atoms with E-state index in [0.29, 0.717) is 24.8 Å². The van der Waals surface area contributed by atoms with Crippen molar-refractivity contribution in [2.45, 2.75) is 32.1 Å². The molecular weight excluding hydrogens is 464 g/mol. The second kappa shape index (κ2) is 10.4. The Balaban J connectivity index is 1.53. The lowest BCUT2D eigenvalue weighted by atomic mass is 10.2. The number of aryl methyl sites for hydroxylation is 1. The number of furan rings is 1. The van der Waals surface area contributed by atoms with Crippen molar-refractivity contribution in [3.63, 3.8) is 0 Å². The first-order valence-corrected chi connectivity index (χ1v) is 12.4. The van der Waals surface area contributed by atoms with Crippen molar-refractivity contribution in [3.8, 4) is 11.4 Å². The predicted octanol–water partition coefficient (Wildman–Crippen LogP) is 5.75. The maximum Gasteiger partial charge on any atom is 0.233 e. The number of thioether (sulfide) groups is 1. The zero-order valence-electron chi connectivity index (χ0n) is 17.8. The Labute approximate surface area is 200 Å². The van der Waals surface area contributed by atoms with E-state index in [-0.39, 0.29) is 11.7 Å². The van der Waals surface area contributed by atoms with Crippen LogP contribution in [0.5, 0.6) is 0 Å². The maximum atomic E-state index is 12.9. The standard InChI is InChI=1S/C23H23ClN4O2S2/c1-3-27(14-18-9-10-20(24)32-18)21(29)15-31-23-26-25-22(19-11-12-30-16(19)2)28(23)13-17-7-5-4-6-8-17/h4-12H,3,13-15H2,1-2H3. The summed E-state index contributed by atoms with van der Waals surface area (Å²) >= 11 is 8.94. The van der Waals surface area contributed by atoms with Gasteiger partial charge in [-0.2, -0.15) is 0 Å². The first kappa shape index (κ1) is 22.6. The van der Waals surface area contributed by atoms with Gasteiger partial charge in [-0.15, -0.1) is 21.5 Å². The zero-order chi connectivity index (χ0) is 22.5. The summed E-state index contributed by atoms with van der Waals surface area (Å²) in [7, 11) is 0. The fourth-order valence-corrected chi connectivity index (χ4v) is 5.28. The summed E-state index contributed by atoms with van der Waals surface area (Å²) < 4.78 is 8.25. The van der Waals surface area contributed by atoms with Gasteiger partial charge in [0.2, 0.25) is 5.91 Å². The van der Waals surface area contributed by atoms with Crippen molar-refractivity contribution in [2.24, 2.45) is 0 Å². The molecule has 9 heteroatoms. The molecule has 4 rings (SSSR count). The smallest absolute Gasteiger partial charge is 0.233 e. The second-order valence-electron chi connectivity index (χ2n) is 7.17. The summed E-state index contributed by atoms with van der Waals surface area (Å²) in [6.45, 7) is 5.68. The van der Waals surface area contributed by atoms with Crippen LogP contribution in [0.15, 0.2) is 64.4 Å². The van der Waals surface area contributed by atoms with Crippen LogP contribution in [0.1, 0.15) is 23.1 Å². The number of hydrogen-bond acceptors (Lipinski definition) is 6. The highest BCUT2D eigenvalue weighted by molar-refractivity contribution is 7.99. The van der Waals surface area contributed by atoms with Gasteiger partial charge in [0.05, 0.1) is 35.0 Å². The zero-order valence-corrected chi connectivity index (χ0v) is 20.2. The van der Waals surface area contributed by atoms with Gasteiger partial charge >= 0.3 is 0 Å².